The lowest BCUT2D eigenvalue weighted by Crippen LogP contribution is -2.50. The lowest BCUT2D eigenvalue weighted by atomic mass is 9.87. The summed E-state index contributed by atoms with van der Waals surface area (Å²) in [5.41, 5.74) is 3.26. The molecule has 2 aromatic rings. The van der Waals surface area contributed by atoms with Gasteiger partial charge in [0.15, 0.2) is 6.61 Å². The van der Waals surface area contributed by atoms with Crippen LogP contribution in [0.4, 0.5) is 0 Å². The maximum Gasteiger partial charge on any atom is 0.261 e. The van der Waals surface area contributed by atoms with Gasteiger partial charge in [0.05, 0.1) is 4.47 Å². The van der Waals surface area contributed by atoms with Crippen molar-refractivity contribution in [3.8, 4) is 5.75 Å². The predicted octanol–water partition coefficient (Wildman–Crippen LogP) is 5.38. The number of rotatable bonds is 8. The number of carbonyl (C=O) groups excluding carboxylic acids is 2. The molecule has 5 nitrogen and oxygen atoms in total. The van der Waals surface area contributed by atoms with Crippen molar-refractivity contribution < 1.29 is 14.3 Å². The van der Waals surface area contributed by atoms with E-state index in [1.54, 1.807) is 11.8 Å². The number of nitrogens with one attached hydrogen (secondary N) is 1. The Morgan fingerprint density at radius 1 is 1.09 bits per heavy atom. The minimum Gasteiger partial charge on any atom is -0.483 e. The smallest absolute Gasteiger partial charge is 0.261 e. The Balaban J connectivity index is 2.19. The number of hydrogen-bond donors (Lipinski definition) is 1. The van der Waals surface area contributed by atoms with Crippen molar-refractivity contribution in [2.45, 2.75) is 72.5 Å². The first-order chi connectivity index (χ1) is 14.9. The third-order valence-electron chi connectivity index (χ3n) is 5.18. The van der Waals surface area contributed by atoms with Crippen molar-refractivity contribution in [2.24, 2.45) is 0 Å². The van der Waals surface area contributed by atoms with Gasteiger partial charge in [-0.15, -0.1) is 0 Å². The van der Waals surface area contributed by atoms with Gasteiger partial charge in [-0.25, -0.2) is 0 Å². The Bertz CT molecular complexity index is 950. The van der Waals surface area contributed by atoms with E-state index < -0.39 is 6.04 Å². The number of benzene rings is 2. The van der Waals surface area contributed by atoms with Crippen LogP contribution in [0.1, 0.15) is 58.2 Å². The second-order valence-corrected chi connectivity index (χ2v) is 10.4. The van der Waals surface area contributed by atoms with Crippen molar-refractivity contribution in [3.63, 3.8) is 0 Å². The highest BCUT2D eigenvalue weighted by molar-refractivity contribution is 9.10. The summed E-state index contributed by atoms with van der Waals surface area (Å²) in [5, 5.41) is 2.90. The molecular weight excluding hydrogens is 468 g/mol. The van der Waals surface area contributed by atoms with Crippen LogP contribution in [0.3, 0.4) is 0 Å². The van der Waals surface area contributed by atoms with Gasteiger partial charge < -0.3 is 15.0 Å². The Morgan fingerprint density at radius 2 is 1.78 bits per heavy atom. The van der Waals surface area contributed by atoms with E-state index in [0.29, 0.717) is 12.3 Å². The van der Waals surface area contributed by atoms with Crippen molar-refractivity contribution in [2.75, 3.05) is 6.61 Å². The topological polar surface area (TPSA) is 58.6 Å². The van der Waals surface area contributed by atoms with E-state index >= 15 is 0 Å². The number of halogens is 1. The average Bonchev–Trinajstić information content (AvgIpc) is 2.69. The van der Waals surface area contributed by atoms with Gasteiger partial charge in [0, 0.05) is 12.6 Å². The Kier molecular flexibility index (Phi) is 8.90. The Morgan fingerprint density at radius 3 is 2.34 bits per heavy atom. The van der Waals surface area contributed by atoms with Crippen molar-refractivity contribution in [1.29, 1.82) is 0 Å². The summed E-state index contributed by atoms with van der Waals surface area (Å²) in [4.78, 5) is 27.4. The molecule has 0 bridgehead atoms. The summed E-state index contributed by atoms with van der Waals surface area (Å²) in [6, 6.07) is 13.2. The fraction of sp³-hybridized carbons (Fsp3) is 0.462. The molecule has 0 aliphatic carbocycles. The third kappa shape index (κ3) is 7.37. The van der Waals surface area contributed by atoms with Crippen LogP contribution in [0.25, 0.3) is 0 Å². The molecule has 0 radical (unpaired) electrons. The number of amides is 2. The Labute approximate surface area is 200 Å². The van der Waals surface area contributed by atoms with Crippen LogP contribution in [0.2, 0.25) is 0 Å². The summed E-state index contributed by atoms with van der Waals surface area (Å²) in [6.45, 7) is 14.2. The number of carbonyl (C=O) groups is 2. The van der Waals surface area contributed by atoms with Crippen LogP contribution >= 0.6 is 15.9 Å². The van der Waals surface area contributed by atoms with E-state index in [4.69, 9.17) is 4.74 Å². The van der Waals surface area contributed by atoms with Crippen LogP contribution in [0.5, 0.6) is 5.75 Å². The van der Waals surface area contributed by atoms with Gasteiger partial charge in [0.25, 0.3) is 5.91 Å². The van der Waals surface area contributed by atoms with Crippen LogP contribution in [0, 0.1) is 6.92 Å². The fourth-order valence-electron chi connectivity index (χ4n) is 3.30. The molecule has 174 valence electrons. The minimum absolute atomic E-state index is 0.00518. The molecule has 2 rings (SSSR count). The average molecular weight is 503 g/mol. The SMILES string of the molecule is Cc1cccc(CN(C(=O)COc2ccc(C(C)(C)C)cc2Br)[C@H](C)C(=O)NC(C)C)c1. The molecule has 0 unspecified atom stereocenters. The molecular formula is C26H35BrN2O3. The van der Waals surface area contributed by atoms with Gasteiger partial charge in [-0.3, -0.25) is 9.59 Å². The maximum absolute atomic E-state index is 13.2. The summed E-state index contributed by atoms with van der Waals surface area (Å²) >= 11 is 3.55. The van der Waals surface area contributed by atoms with E-state index in [-0.39, 0.29) is 29.9 Å². The summed E-state index contributed by atoms with van der Waals surface area (Å²) in [5.74, 6) is 0.169. The molecule has 6 heteroatoms. The van der Waals surface area contributed by atoms with E-state index in [9.17, 15) is 9.59 Å². The molecule has 32 heavy (non-hydrogen) atoms. The van der Waals surface area contributed by atoms with Crippen LogP contribution < -0.4 is 10.1 Å². The molecule has 1 atom stereocenters. The molecule has 0 spiro atoms. The zero-order valence-corrected chi connectivity index (χ0v) is 21.7. The second-order valence-electron chi connectivity index (χ2n) is 9.53. The molecule has 0 aliphatic heterocycles. The number of hydrogen-bond acceptors (Lipinski definition) is 3. The van der Waals surface area contributed by atoms with Crippen LogP contribution in [-0.4, -0.2) is 35.4 Å². The lowest BCUT2D eigenvalue weighted by Gasteiger charge is -2.29. The predicted molar refractivity (Wildman–Crippen MR) is 133 cm³/mol. The molecule has 0 fully saturated rings. The summed E-state index contributed by atoms with van der Waals surface area (Å²) < 4.78 is 6.65. The molecule has 0 saturated heterocycles. The van der Waals surface area contributed by atoms with E-state index in [0.717, 1.165) is 15.6 Å². The lowest BCUT2D eigenvalue weighted by molar-refractivity contribution is -0.142. The zero-order chi connectivity index (χ0) is 24.1. The highest BCUT2D eigenvalue weighted by Gasteiger charge is 2.27. The van der Waals surface area contributed by atoms with Gasteiger partial charge in [0.1, 0.15) is 11.8 Å². The third-order valence-corrected chi connectivity index (χ3v) is 5.80. The van der Waals surface area contributed by atoms with Crippen molar-refractivity contribution in [1.82, 2.24) is 10.2 Å². The Hall–Kier alpha value is -2.34. The first kappa shape index (κ1) is 25.9. The zero-order valence-electron chi connectivity index (χ0n) is 20.2. The van der Waals surface area contributed by atoms with Crippen molar-refractivity contribution in [3.05, 3.63) is 63.6 Å². The largest absolute Gasteiger partial charge is 0.483 e. The maximum atomic E-state index is 13.2. The molecule has 0 aliphatic rings. The first-order valence-corrected chi connectivity index (χ1v) is 11.8. The fourth-order valence-corrected chi connectivity index (χ4v) is 3.80. The monoisotopic (exact) mass is 502 g/mol. The van der Waals surface area contributed by atoms with Gasteiger partial charge in [-0.1, -0.05) is 56.7 Å². The van der Waals surface area contributed by atoms with Gasteiger partial charge >= 0.3 is 0 Å². The standard InChI is InChI=1S/C26H35BrN2O3/c1-17(2)28-25(31)19(4)29(15-20-10-8-9-18(3)13-20)24(30)16-32-23-12-11-21(14-22(23)27)26(5,6)7/h8-14,17,19H,15-16H2,1-7H3,(H,28,31)/t19-/m1/s1. The molecule has 1 N–H and O–H groups in total. The highest BCUT2D eigenvalue weighted by atomic mass is 79.9. The molecule has 2 amide bonds. The summed E-state index contributed by atoms with van der Waals surface area (Å²) in [7, 11) is 0. The van der Waals surface area contributed by atoms with E-state index in [1.807, 2.05) is 63.2 Å². The first-order valence-electron chi connectivity index (χ1n) is 11.0. The number of aryl methyl sites for hydroxylation is 1. The molecule has 0 saturated carbocycles. The van der Waals surface area contributed by atoms with E-state index in [2.05, 4.69) is 42.0 Å². The molecule has 0 aromatic heterocycles. The van der Waals surface area contributed by atoms with Crippen LogP contribution in [-0.2, 0) is 21.5 Å². The highest BCUT2D eigenvalue weighted by Crippen LogP contribution is 2.31. The quantitative estimate of drug-likeness (QED) is 0.527. The van der Waals surface area contributed by atoms with Gasteiger partial charge in [0.2, 0.25) is 5.91 Å². The van der Waals surface area contributed by atoms with Gasteiger partial charge in [-0.05, 0) is 72.3 Å². The second kappa shape index (κ2) is 11.0. The summed E-state index contributed by atoms with van der Waals surface area (Å²) in [6.07, 6.45) is 0. The minimum atomic E-state index is -0.624. The molecule has 2 aromatic carbocycles. The normalized spacial score (nSPS) is 12.4. The number of ether oxygens (including phenoxy) is 1. The molecule has 0 heterocycles. The number of nitrogens with zero attached hydrogens (tertiary/aromatic N) is 1. The van der Waals surface area contributed by atoms with E-state index in [1.165, 1.54) is 5.56 Å². The van der Waals surface area contributed by atoms with Gasteiger partial charge in [-0.2, -0.15) is 0 Å². The van der Waals surface area contributed by atoms with Crippen LogP contribution in [0.15, 0.2) is 46.9 Å². The van der Waals surface area contributed by atoms with Crippen molar-refractivity contribution >= 4 is 27.7 Å².